The number of aryl methyl sites for hydroxylation is 2. The molecule has 136 valence electrons. The molecule has 0 bridgehead atoms. The lowest BCUT2D eigenvalue weighted by atomic mass is 10.0. The van der Waals surface area contributed by atoms with Crippen molar-refractivity contribution in [1.29, 1.82) is 0 Å². The molecule has 1 saturated heterocycles. The molecule has 0 aliphatic carbocycles. The smallest absolute Gasteiger partial charge is 0.216 e. The third kappa shape index (κ3) is 3.86. The Morgan fingerprint density at radius 2 is 2.20 bits per heavy atom. The molecule has 3 heterocycles. The third-order valence-electron chi connectivity index (χ3n) is 4.78. The van der Waals surface area contributed by atoms with Crippen molar-refractivity contribution < 1.29 is 4.74 Å². The zero-order valence-corrected chi connectivity index (χ0v) is 15.6. The highest BCUT2D eigenvalue weighted by Crippen LogP contribution is 2.25. The quantitative estimate of drug-likeness (QED) is 0.869. The highest BCUT2D eigenvalue weighted by molar-refractivity contribution is 5.49. The lowest BCUT2D eigenvalue weighted by Gasteiger charge is -2.31. The second kappa shape index (κ2) is 7.72. The van der Waals surface area contributed by atoms with Gasteiger partial charge in [0.2, 0.25) is 5.88 Å². The highest BCUT2D eigenvalue weighted by atomic mass is 16.5. The molecule has 0 amide bonds. The van der Waals surface area contributed by atoms with E-state index in [0.717, 1.165) is 48.3 Å². The van der Waals surface area contributed by atoms with Crippen molar-refractivity contribution >= 4 is 11.6 Å². The number of aromatic nitrogens is 4. The van der Waals surface area contributed by atoms with Gasteiger partial charge in [-0.1, -0.05) is 13.8 Å². The molecule has 25 heavy (non-hydrogen) atoms. The number of rotatable bonds is 6. The SMILES string of the molecule is CCc1nn(C)c(OC)c1CNc1cc(N2CCCC(C)C2)ncn1. The molecule has 1 N–H and O–H groups in total. The van der Waals surface area contributed by atoms with Gasteiger partial charge in [-0.2, -0.15) is 5.10 Å². The van der Waals surface area contributed by atoms with Gasteiger partial charge in [0, 0.05) is 32.7 Å². The van der Waals surface area contributed by atoms with E-state index in [1.807, 2.05) is 13.1 Å². The zero-order chi connectivity index (χ0) is 17.8. The summed E-state index contributed by atoms with van der Waals surface area (Å²) in [5.41, 5.74) is 2.13. The van der Waals surface area contributed by atoms with Crippen molar-refractivity contribution in [1.82, 2.24) is 19.7 Å². The van der Waals surface area contributed by atoms with Gasteiger partial charge in [-0.3, -0.25) is 0 Å². The van der Waals surface area contributed by atoms with Crippen LogP contribution in [0.25, 0.3) is 0 Å². The molecule has 7 nitrogen and oxygen atoms in total. The van der Waals surface area contributed by atoms with Crippen molar-refractivity contribution in [2.24, 2.45) is 13.0 Å². The number of nitrogens with zero attached hydrogens (tertiary/aromatic N) is 5. The molecule has 1 unspecified atom stereocenters. The van der Waals surface area contributed by atoms with E-state index in [1.54, 1.807) is 18.1 Å². The summed E-state index contributed by atoms with van der Waals surface area (Å²) in [5, 5.41) is 7.93. The van der Waals surface area contributed by atoms with Gasteiger partial charge < -0.3 is 15.0 Å². The van der Waals surface area contributed by atoms with Crippen LogP contribution in [0.2, 0.25) is 0 Å². The predicted molar refractivity (Wildman–Crippen MR) is 99.1 cm³/mol. The molecule has 0 saturated carbocycles. The minimum absolute atomic E-state index is 0.632. The minimum atomic E-state index is 0.632. The van der Waals surface area contributed by atoms with Gasteiger partial charge in [0.25, 0.3) is 0 Å². The lowest BCUT2D eigenvalue weighted by Crippen LogP contribution is -2.34. The topological polar surface area (TPSA) is 68.1 Å². The molecule has 1 aliphatic rings. The Kier molecular flexibility index (Phi) is 5.40. The monoisotopic (exact) mass is 344 g/mol. The van der Waals surface area contributed by atoms with E-state index in [4.69, 9.17) is 4.74 Å². The van der Waals surface area contributed by atoms with Crippen molar-refractivity contribution in [2.45, 2.75) is 39.7 Å². The van der Waals surface area contributed by atoms with E-state index in [2.05, 4.69) is 39.1 Å². The Balaban J connectivity index is 1.73. The number of nitrogens with one attached hydrogen (secondary N) is 1. The van der Waals surface area contributed by atoms with Gasteiger partial charge in [-0.25, -0.2) is 14.6 Å². The molecule has 2 aromatic heterocycles. The van der Waals surface area contributed by atoms with Gasteiger partial charge >= 0.3 is 0 Å². The van der Waals surface area contributed by atoms with Crippen molar-refractivity contribution in [3.63, 3.8) is 0 Å². The summed E-state index contributed by atoms with van der Waals surface area (Å²) < 4.78 is 7.29. The van der Waals surface area contributed by atoms with Crippen LogP contribution in [-0.4, -0.2) is 39.9 Å². The molecule has 0 aromatic carbocycles. The Labute approximate surface area is 149 Å². The first-order valence-corrected chi connectivity index (χ1v) is 9.02. The van der Waals surface area contributed by atoms with Gasteiger partial charge in [0.05, 0.1) is 18.4 Å². The van der Waals surface area contributed by atoms with Crippen molar-refractivity contribution in [3.05, 3.63) is 23.7 Å². The maximum atomic E-state index is 5.50. The maximum Gasteiger partial charge on any atom is 0.216 e. The fourth-order valence-electron chi connectivity index (χ4n) is 3.52. The molecular weight excluding hydrogens is 316 g/mol. The van der Waals surface area contributed by atoms with Crippen LogP contribution in [-0.2, 0) is 20.0 Å². The lowest BCUT2D eigenvalue weighted by molar-refractivity contribution is 0.369. The Morgan fingerprint density at radius 3 is 2.92 bits per heavy atom. The molecule has 2 aromatic rings. The minimum Gasteiger partial charge on any atom is -0.481 e. The first-order valence-electron chi connectivity index (χ1n) is 9.02. The fraction of sp³-hybridized carbons (Fsp3) is 0.611. The third-order valence-corrected chi connectivity index (χ3v) is 4.78. The van der Waals surface area contributed by atoms with E-state index in [9.17, 15) is 0 Å². The summed E-state index contributed by atoms with van der Waals surface area (Å²) in [5.74, 6) is 3.34. The molecular formula is C18H28N6O. The first kappa shape index (κ1) is 17.5. The van der Waals surface area contributed by atoms with Crippen molar-refractivity contribution in [3.8, 4) is 5.88 Å². The van der Waals surface area contributed by atoms with E-state index >= 15 is 0 Å². The standard InChI is InChI=1S/C18H28N6O/c1-5-15-14(18(25-4)23(3)22-15)10-19-16-9-17(21-12-20-16)24-8-6-7-13(2)11-24/h9,12-13H,5-8,10-11H2,1-4H3,(H,19,20,21). The van der Waals surface area contributed by atoms with Crippen LogP contribution in [0, 0.1) is 5.92 Å². The Hall–Kier alpha value is -2.31. The van der Waals surface area contributed by atoms with Crippen LogP contribution in [0.4, 0.5) is 11.6 Å². The summed E-state index contributed by atoms with van der Waals surface area (Å²) >= 11 is 0. The van der Waals surface area contributed by atoms with E-state index < -0.39 is 0 Å². The van der Waals surface area contributed by atoms with E-state index in [1.165, 1.54) is 12.8 Å². The molecule has 1 aliphatic heterocycles. The van der Waals surface area contributed by atoms with Gasteiger partial charge in [-0.05, 0) is 25.2 Å². The normalized spacial score (nSPS) is 17.6. The average Bonchev–Trinajstić information content (AvgIpc) is 2.95. The second-order valence-electron chi connectivity index (χ2n) is 6.72. The summed E-state index contributed by atoms with van der Waals surface area (Å²) in [6.45, 7) is 7.16. The van der Waals surface area contributed by atoms with Crippen LogP contribution in [0.5, 0.6) is 5.88 Å². The van der Waals surface area contributed by atoms with Gasteiger partial charge in [0.1, 0.15) is 18.0 Å². The van der Waals surface area contributed by atoms with Crippen LogP contribution >= 0.6 is 0 Å². The van der Waals surface area contributed by atoms with E-state index in [0.29, 0.717) is 12.5 Å². The average molecular weight is 344 g/mol. The molecule has 0 spiro atoms. The van der Waals surface area contributed by atoms with Crippen LogP contribution in [0.3, 0.4) is 0 Å². The molecule has 1 fully saturated rings. The predicted octanol–water partition coefficient (Wildman–Crippen LogP) is 2.63. The maximum absolute atomic E-state index is 5.50. The summed E-state index contributed by atoms with van der Waals surface area (Å²) in [7, 11) is 3.59. The van der Waals surface area contributed by atoms with Crippen LogP contribution in [0.15, 0.2) is 12.4 Å². The summed E-state index contributed by atoms with van der Waals surface area (Å²) in [6.07, 6.45) is 5.03. The number of hydrogen-bond acceptors (Lipinski definition) is 6. The van der Waals surface area contributed by atoms with Crippen molar-refractivity contribution in [2.75, 3.05) is 30.4 Å². The fourth-order valence-corrected chi connectivity index (χ4v) is 3.52. The molecule has 0 radical (unpaired) electrons. The van der Waals surface area contributed by atoms with Gasteiger partial charge in [0.15, 0.2) is 0 Å². The Morgan fingerprint density at radius 1 is 1.36 bits per heavy atom. The number of ether oxygens (including phenoxy) is 1. The summed E-state index contributed by atoms with van der Waals surface area (Å²) in [4.78, 5) is 11.2. The second-order valence-corrected chi connectivity index (χ2v) is 6.72. The zero-order valence-electron chi connectivity index (χ0n) is 15.6. The van der Waals surface area contributed by atoms with Crippen LogP contribution in [0.1, 0.15) is 37.9 Å². The highest BCUT2D eigenvalue weighted by Gasteiger charge is 2.19. The Bertz CT molecular complexity index is 714. The number of hydrogen-bond donors (Lipinski definition) is 1. The number of piperidine rings is 1. The van der Waals surface area contributed by atoms with Crippen LogP contribution < -0.4 is 15.0 Å². The molecule has 3 rings (SSSR count). The van der Waals surface area contributed by atoms with E-state index in [-0.39, 0.29) is 0 Å². The molecule has 1 atom stereocenters. The number of methoxy groups -OCH3 is 1. The molecule has 7 heteroatoms. The summed E-state index contributed by atoms with van der Waals surface area (Å²) in [6, 6.07) is 2.03. The largest absolute Gasteiger partial charge is 0.481 e. The number of anilines is 2. The van der Waals surface area contributed by atoms with Gasteiger partial charge in [-0.15, -0.1) is 0 Å². The first-order chi connectivity index (χ1) is 12.1.